The van der Waals surface area contributed by atoms with E-state index in [0.717, 1.165) is 22.4 Å². The fourth-order valence-corrected chi connectivity index (χ4v) is 2.97. The molecular weight excluding hydrogens is 398 g/mol. The van der Waals surface area contributed by atoms with Crippen LogP contribution in [0.25, 0.3) is 0 Å². The summed E-state index contributed by atoms with van der Waals surface area (Å²) in [4.78, 5) is 37.2. The van der Waals surface area contributed by atoms with Crippen LogP contribution in [0.5, 0.6) is 0 Å². The molecule has 0 amide bonds. The van der Waals surface area contributed by atoms with Crippen molar-refractivity contribution in [2.75, 3.05) is 13.2 Å². The molecule has 1 aliphatic rings. The molecule has 6 N–H and O–H groups in total. The lowest BCUT2D eigenvalue weighted by Gasteiger charge is -2.16. The maximum Gasteiger partial charge on any atom is 0.367 e. The highest BCUT2D eigenvalue weighted by Crippen LogP contribution is 2.28. The van der Waals surface area contributed by atoms with Gasteiger partial charge in [-0.05, 0) is 5.56 Å². The van der Waals surface area contributed by atoms with Crippen LogP contribution in [0.4, 0.5) is 0 Å². The molecule has 2 heterocycles. The second kappa shape index (κ2) is 9.78. The average Bonchev–Trinajstić information content (AvgIpc) is 3.01. The molecule has 1 aromatic carbocycles. The minimum Gasteiger partial charge on any atom is -0.458 e. The second-order valence-corrected chi connectivity index (χ2v) is 6.89. The predicted molar refractivity (Wildman–Crippen MR) is 101 cm³/mol. The van der Waals surface area contributed by atoms with Crippen LogP contribution in [-0.4, -0.2) is 63.3 Å². The molecule has 162 valence electrons. The summed E-state index contributed by atoms with van der Waals surface area (Å²) in [5.41, 5.74) is 3.25. The summed E-state index contributed by atoms with van der Waals surface area (Å²) in [5, 5.41) is 20.3. The summed E-state index contributed by atoms with van der Waals surface area (Å²) < 4.78 is 17.0. The van der Waals surface area contributed by atoms with E-state index in [9.17, 15) is 24.6 Å². The van der Waals surface area contributed by atoms with Gasteiger partial charge in [-0.25, -0.2) is 9.59 Å². The zero-order valence-corrected chi connectivity index (χ0v) is 16.0. The van der Waals surface area contributed by atoms with Gasteiger partial charge >= 0.3 is 11.7 Å². The fourth-order valence-electron chi connectivity index (χ4n) is 2.97. The lowest BCUT2D eigenvalue weighted by Crippen LogP contribution is -2.67. The number of carbonyl (C=O) groups excluding carboxylic acids is 1. The Labute approximate surface area is 170 Å². The largest absolute Gasteiger partial charge is 0.458 e. The summed E-state index contributed by atoms with van der Waals surface area (Å²) in [7, 11) is 0. The predicted octanol–water partition coefficient (Wildman–Crippen LogP) is -2.47. The molecule has 5 atom stereocenters. The Bertz CT molecular complexity index is 960. The number of ether oxygens (including phenoxy) is 3. The molecule has 0 saturated carbocycles. The first kappa shape index (κ1) is 21.9. The van der Waals surface area contributed by atoms with Gasteiger partial charge in [-0.1, -0.05) is 30.3 Å². The van der Waals surface area contributed by atoms with E-state index in [0.29, 0.717) is 6.61 Å². The van der Waals surface area contributed by atoms with Gasteiger partial charge in [0.2, 0.25) is 6.04 Å². The fraction of sp³-hybridized carbons (Fsp3) is 0.421. The Morgan fingerprint density at radius 3 is 2.63 bits per heavy atom. The zero-order chi connectivity index (χ0) is 21.7. The van der Waals surface area contributed by atoms with E-state index in [2.05, 4.69) is 5.73 Å². The van der Waals surface area contributed by atoms with Crippen molar-refractivity contribution in [3.63, 3.8) is 0 Å². The van der Waals surface area contributed by atoms with Crippen molar-refractivity contribution in [3.05, 3.63) is 69.0 Å². The summed E-state index contributed by atoms with van der Waals surface area (Å²) in [6, 6.07) is 9.72. The number of carbonyl (C=O) groups is 1. The van der Waals surface area contributed by atoms with E-state index in [-0.39, 0.29) is 13.2 Å². The number of benzene rings is 1. The number of aromatic amines is 1. The molecule has 0 bridgehead atoms. The highest BCUT2D eigenvalue weighted by molar-refractivity contribution is 5.74. The van der Waals surface area contributed by atoms with E-state index in [1.165, 1.54) is 0 Å². The maximum absolute atomic E-state index is 12.1. The molecule has 11 heteroatoms. The Kier molecular flexibility index (Phi) is 7.13. The average molecular weight is 422 g/mol. The molecule has 1 fully saturated rings. The third-order valence-corrected chi connectivity index (χ3v) is 4.62. The summed E-state index contributed by atoms with van der Waals surface area (Å²) in [5.74, 6) is -0.655. The molecule has 3 rings (SSSR count). The Balaban J connectivity index is 1.49. The zero-order valence-electron chi connectivity index (χ0n) is 16.0. The van der Waals surface area contributed by atoms with Crippen LogP contribution in [0, 0.1) is 0 Å². The Morgan fingerprint density at radius 1 is 1.20 bits per heavy atom. The summed E-state index contributed by atoms with van der Waals surface area (Å²) in [6.07, 6.45) is -4.02. The number of H-pyrrole nitrogens is 1. The van der Waals surface area contributed by atoms with Gasteiger partial charge in [-0.2, -0.15) is 0 Å². The van der Waals surface area contributed by atoms with Gasteiger partial charge in [0, 0.05) is 12.3 Å². The Morgan fingerprint density at radius 2 is 1.93 bits per heavy atom. The van der Waals surface area contributed by atoms with Crippen LogP contribution in [0.15, 0.2) is 52.2 Å². The molecule has 0 aliphatic carbocycles. The lowest BCUT2D eigenvalue weighted by atomic mass is 10.1. The number of hydrogen-bond acceptors (Lipinski definition) is 8. The number of nitrogens with zero attached hydrogens (tertiary/aromatic N) is 1. The number of quaternary nitrogens is 1. The molecule has 1 aromatic heterocycles. The van der Waals surface area contributed by atoms with Gasteiger partial charge in [-0.3, -0.25) is 14.3 Å². The summed E-state index contributed by atoms with van der Waals surface area (Å²) >= 11 is 0. The van der Waals surface area contributed by atoms with E-state index >= 15 is 0 Å². The number of hydrogen-bond donors (Lipinski definition) is 4. The van der Waals surface area contributed by atoms with Crippen molar-refractivity contribution in [2.45, 2.75) is 37.2 Å². The maximum atomic E-state index is 12.1. The molecule has 0 spiro atoms. The standard InChI is InChI=1S/C19H23N3O8/c20-12(9-28-8-11-4-2-1-3-5-11)18(26)29-10-13-15(24)16(25)17(30-13)22-7-6-14(23)21-19(22)27/h1-7,12-13,15-17,24-25H,8-10,20H2,(H,21,23,27)/p+1/t12-,13+,15+,16+,17+/m0/s1. The molecule has 2 aromatic rings. The van der Waals surface area contributed by atoms with Crippen molar-refractivity contribution in [1.29, 1.82) is 0 Å². The van der Waals surface area contributed by atoms with Crippen molar-refractivity contribution in [2.24, 2.45) is 0 Å². The number of aliphatic hydroxyl groups excluding tert-OH is 2. The summed E-state index contributed by atoms with van der Waals surface area (Å²) in [6.45, 7) is 0.0164. The number of rotatable bonds is 8. The van der Waals surface area contributed by atoms with Crippen LogP contribution < -0.4 is 17.0 Å². The first-order valence-corrected chi connectivity index (χ1v) is 9.31. The third kappa shape index (κ3) is 5.20. The van der Waals surface area contributed by atoms with Crippen molar-refractivity contribution in [1.82, 2.24) is 9.55 Å². The van der Waals surface area contributed by atoms with Gasteiger partial charge in [0.1, 0.15) is 31.5 Å². The normalized spacial score (nSPS) is 24.5. The van der Waals surface area contributed by atoms with Crippen molar-refractivity contribution in [3.8, 4) is 0 Å². The first-order chi connectivity index (χ1) is 14.4. The van der Waals surface area contributed by atoms with E-state index in [4.69, 9.17) is 14.2 Å². The number of esters is 1. The van der Waals surface area contributed by atoms with Gasteiger partial charge in [0.15, 0.2) is 6.23 Å². The first-order valence-electron chi connectivity index (χ1n) is 9.31. The van der Waals surface area contributed by atoms with Gasteiger partial charge in [0.25, 0.3) is 5.56 Å². The molecular formula is C19H24N3O8+. The van der Waals surface area contributed by atoms with Gasteiger partial charge in [0.05, 0.1) is 6.61 Å². The highest BCUT2D eigenvalue weighted by atomic mass is 16.6. The Hall–Kier alpha value is -2.83. The van der Waals surface area contributed by atoms with E-state index in [1.807, 2.05) is 35.3 Å². The van der Waals surface area contributed by atoms with Crippen LogP contribution in [0.1, 0.15) is 11.8 Å². The molecule has 1 saturated heterocycles. The van der Waals surface area contributed by atoms with Gasteiger partial charge in [-0.15, -0.1) is 0 Å². The lowest BCUT2D eigenvalue weighted by molar-refractivity contribution is -0.415. The van der Waals surface area contributed by atoms with Crippen molar-refractivity contribution < 1.29 is 35.0 Å². The topological polar surface area (TPSA) is 168 Å². The monoisotopic (exact) mass is 422 g/mol. The molecule has 11 nitrogen and oxygen atoms in total. The van der Waals surface area contributed by atoms with Crippen LogP contribution in [0.3, 0.4) is 0 Å². The highest BCUT2D eigenvalue weighted by Gasteiger charge is 2.44. The van der Waals surface area contributed by atoms with Crippen LogP contribution in [-0.2, 0) is 25.6 Å². The quantitative estimate of drug-likeness (QED) is 0.339. The SMILES string of the molecule is [NH3+][C@@H](COCc1ccccc1)C(=O)OC[C@H]1O[C@@H](n2ccc(=O)[nH]c2=O)[C@H](O)[C@@H]1O. The molecule has 0 unspecified atom stereocenters. The van der Waals surface area contributed by atoms with Crippen LogP contribution in [0.2, 0.25) is 0 Å². The molecule has 1 aliphatic heterocycles. The van der Waals surface area contributed by atoms with E-state index < -0.39 is 47.8 Å². The number of aromatic nitrogens is 2. The van der Waals surface area contributed by atoms with Crippen molar-refractivity contribution >= 4 is 5.97 Å². The molecule has 0 radical (unpaired) electrons. The smallest absolute Gasteiger partial charge is 0.367 e. The van der Waals surface area contributed by atoms with E-state index in [1.54, 1.807) is 0 Å². The second-order valence-electron chi connectivity index (χ2n) is 6.89. The minimum absolute atomic E-state index is 0.0415. The minimum atomic E-state index is -1.46. The molecule has 30 heavy (non-hydrogen) atoms. The van der Waals surface area contributed by atoms with Crippen LogP contribution >= 0.6 is 0 Å². The van der Waals surface area contributed by atoms with Gasteiger partial charge < -0.3 is 30.2 Å². The number of nitrogens with one attached hydrogen (secondary N) is 1. The third-order valence-electron chi connectivity index (χ3n) is 4.62. The number of aliphatic hydroxyl groups is 2.